The standard InChI is InChI=1S/C19H23ClN4O3/c1-19(11-27-12-19)10-23-8-6-17(25)24(18(23)26)7-2-3-16-21-14-5-4-13(20)9-15(14)22-16/h4-5,9H,2-3,6-8,10-12H2,1H3,(H,21,22). The average molecular weight is 391 g/mol. The lowest BCUT2D eigenvalue weighted by molar-refractivity contribution is -0.134. The molecule has 1 aromatic heterocycles. The molecule has 2 saturated heterocycles. The van der Waals surface area contributed by atoms with Crippen molar-refractivity contribution in [3.63, 3.8) is 0 Å². The van der Waals surface area contributed by atoms with E-state index in [1.54, 1.807) is 4.90 Å². The van der Waals surface area contributed by atoms with E-state index in [0.29, 0.717) is 57.1 Å². The maximum Gasteiger partial charge on any atom is 0.326 e. The Morgan fingerprint density at radius 2 is 2.15 bits per heavy atom. The number of benzene rings is 1. The van der Waals surface area contributed by atoms with Crippen LogP contribution in [0.15, 0.2) is 18.2 Å². The minimum Gasteiger partial charge on any atom is -0.380 e. The van der Waals surface area contributed by atoms with Crippen LogP contribution >= 0.6 is 11.6 Å². The summed E-state index contributed by atoms with van der Waals surface area (Å²) in [6.07, 6.45) is 1.71. The van der Waals surface area contributed by atoms with Crippen LogP contribution in [0.3, 0.4) is 0 Å². The highest BCUT2D eigenvalue weighted by Crippen LogP contribution is 2.29. The van der Waals surface area contributed by atoms with Gasteiger partial charge in [0, 0.05) is 42.9 Å². The number of imidazole rings is 1. The minimum atomic E-state index is -0.184. The molecule has 0 unspecified atom stereocenters. The molecule has 0 aliphatic carbocycles. The summed E-state index contributed by atoms with van der Waals surface area (Å²) in [4.78, 5) is 35.9. The van der Waals surface area contributed by atoms with Crippen LogP contribution in [0, 0.1) is 5.41 Å². The lowest BCUT2D eigenvalue weighted by atomic mass is 9.88. The number of hydrogen-bond donors (Lipinski definition) is 1. The fraction of sp³-hybridized carbons (Fsp3) is 0.526. The van der Waals surface area contributed by atoms with Gasteiger partial charge in [-0.25, -0.2) is 9.78 Å². The first-order valence-electron chi connectivity index (χ1n) is 9.25. The number of imide groups is 1. The van der Waals surface area contributed by atoms with Crippen LogP contribution in [0.5, 0.6) is 0 Å². The number of carbonyl (C=O) groups excluding carboxylic acids is 2. The molecular weight excluding hydrogens is 368 g/mol. The SMILES string of the molecule is CC1(CN2CCC(=O)N(CCCc3nc4ccc(Cl)cc4[nH]3)C2=O)COC1. The molecule has 8 heteroatoms. The van der Waals surface area contributed by atoms with Crippen molar-refractivity contribution >= 4 is 34.6 Å². The number of halogens is 1. The van der Waals surface area contributed by atoms with E-state index in [4.69, 9.17) is 16.3 Å². The monoisotopic (exact) mass is 390 g/mol. The minimum absolute atomic E-state index is 0.0112. The third-order valence-corrected chi connectivity index (χ3v) is 5.40. The molecule has 0 atom stereocenters. The van der Waals surface area contributed by atoms with Gasteiger partial charge in [-0.3, -0.25) is 9.69 Å². The molecule has 0 radical (unpaired) electrons. The Bertz CT molecular complexity index is 877. The van der Waals surface area contributed by atoms with Crippen molar-refractivity contribution in [3.8, 4) is 0 Å². The zero-order valence-electron chi connectivity index (χ0n) is 15.3. The van der Waals surface area contributed by atoms with Gasteiger partial charge in [-0.1, -0.05) is 18.5 Å². The largest absolute Gasteiger partial charge is 0.380 e. The van der Waals surface area contributed by atoms with E-state index < -0.39 is 0 Å². The maximum absolute atomic E-state index is 12.7. The highest BCUT2D eigenvalue weighted by molar-refractivity contribution is 6.31. The summed E-state index contributed by atoms with van der Waals surface area (Å²) in [6, 6.07) is 5.34. The Morgan fingerprint density at radius 1 is 1.33 bits per heavy atom. The molecule has 0 spiro atoms. The van der Waals surface area contributed by atoms with Gasteiger partial charge >= 0.3 is 6.03 Å². The molecule has 2 aliphatic heterocycles. The Balaban J connectivity index is 1.35. The van der Waals surface area contributed by atoms with Gasteiger partial charge in [-0.05, 0) is 24.6 Å². The number of rotatable bonds is 6. The van der Waals surface area contributed by atoms with Gasteiger partial charge in [0.1, 0.15) is 5.82 Å². The topological polar surface area (TPSA) is 78.5 Å². The number of urea groups is 1. The predicted molar refractivity (Wildman–Crippen MR) is 102 cm³/mol. The first-order valence-corrected chi connectivity index (χ1v) is 9.63. The van der Waals surface area contributed by atoms with Crippen LogP contribution in [0.2, 0.25) is 5.02 Å². The number of carbonyl (C=O) groups is 2. The Hall–Kier alpha value is -2.12. The molecule has 0 bridgehead atoms. The smallest absolute Gasteiger partial charge is 0.326 e. The molecule has 0 saturated carbocycles. The fourth-order valence-electron chi connectivity index (χ4n) is 3.67. The number of aryl methyl sites for hydroxylation is 1. The van der Waals surface area contributed by atoms with Crippen molar-refractivity contribution < 1.29 is 14.3 Å². The molecule has 2 fully saturated rings. The summed E-state index contributed by atoms with van der Waals surface area (Å²) in [5.74, 6) is 0.739. The van der Waals surface area contributed by atoms with Gasteiger partial charge in [0.15, 0.2) is 0 Å². The second-order valence-electron chi connectivity index (χ2n) is 7.75. The predicted octanol–water partition coefficient (Wildman–Crippen LogP) is 2.84. The molecule has 4 rings (SSSR count). The number of hydrogen-bond acceptors (Lipinski definition) is 4. The van der Waals surface area contributed by atoms with Crippen molar-refractivity contribution in [2.24, 2.45) is 5.41 Å². The van der Waals surface area contributed by atoms with E-state index in [0.717, 1.165) is 16.9 Å². The molecule has 2 aromatic rings. The van der Waals surface area contributed by atoms with Gasteiger partial charge in [0.25, 0.3) is 0 Å². The van der Waals surface area contributed by atoms with E-state index in [-0.39, 0.29) is 17.4 Å². The average Bonchev–Trinajstić information content (AvgIpc) is 3.00. The molecular formula is C19H23ClN4O3. The number of aromatic nitrogens is 2. The van der Waals surface area contributed by atoms with Crippen LogP contribution in [0.1, 0.15) is 25.6 Å². The number of H-pyrrole nitrogens is 1. The number of nitrogens with zero attached hydrogens (tertiary/aromatic N) is 3. The van der Waals surface area contributed by atoms with Crippen molar-refractivity contribution in [3.05, 3.63) is 29.0 Å². The van der Waals surface area contributed by atoms with Gasteiger partial charge in [0.05, 0.1) is 24.2 Å². The summed E-state index contributed by atoms with van der Waals surface area (Å²) in [7, 11) is 0. The quantitative estimate of drug-likeness (QED) is 0.822. The van der Waals surface area contributed by atoms with Crippen LogP contribution in [-0.4, -0.2) is 64.6 Å². The molecule has 3 heterocycles. The van der Waals surface area contributed by atoms with Gasteiger partial charge in [-0.15, -0.1) is 0 Å². The van der Waals surface area contributed by atoms with Crippen LogP contribution in [0.25, 0.3) is 11.0 Å². The van der Waals surface area contributed by atoms with Gasteiger partial charge < -0.3 is 14.6 Å². The molecule has 144 valence electrons. The summed E-state index contributed by atoms with van der Waals surface area (Å²) in [5.41, 5.74) is 1.77. The van der Waals surface area contributed by atoms with Crippen molar-refractivity contribution in [1.82, 2.24) is 19.8 Å². The summed E-state index contributed by atoms with van der Waals surface area (Å²) < 4.78 is 5.27. The van der Waals surface area contributed by atoms with Crippen molar-refractivity contribution in [2.75, 3.05) is 32.8 Å². The lowest BCUT2D eigenvalue weighted by Crippen LogP contribution is -2.57. The molecule has 7 nitrogen and oxygen atoms in total. The number of aromatic amines is 1. The third kappa shape index (κ3) is 3.80. The lowest BCUT2D eigenvalue weighted by Gasteiger charge is -2.44. The Labute approximate surface area is 162 Å². The van der Waals surface area contributed by atoms with E-state index >= 15 is 0 Å². The molecule has 1 N–H and O–H groups in total. The zero-order valence-corrected chi connectivity index (χ0v) is 16.1. The summed E-state index contributed by atoms with van der Waals surface area (Å²) >= 11 is 6.00. The van der Waals surface area contributed by atoms with E-state index in [1.807, 2.05) is 18.2 Å². The number of ether oxygens (including phenoxy) is 1. The molecule has 27 heavy (non-hydrogen) atoms. The molecule has 2 aliphatic rings. The number of nitrogens with one attached hydrogen (secondary N) is 1. The second-order valence-corrected chi connectivity index (χ2v) is 8.19. The van der Waals surface area contributed by atoms with E-state index in [9.17, 15) is 9.59 Å². The first-order chi connectivity index (χ1) is 12.9. The van der Waals surface area contributed by atoms with Crippen LogP contribution in [-0.2, 0) is 16.0 Å². The highest BCUT2D eigenvalue weighted by atomic mass is 35.5. The fourth-order valence-corrected chi connectivity index (χ4v) is 3.84. The Kier molecular flexibility index (Phi) is 4.82. The Morgan fingerprint density at radius 3 is 2.89 bits per heavy atom. The maximum atomic E-state index is 12.7. The molecule has 1 aromatic carbocycles. The first kappa shape index (κ1) is 18.3. The second kappa shape index (κ2) is 7.13. The summed E-state index contributed by atoms with van der Waals surface area (Å²) in [5, 5.41) is 0.660. The summed E-state index contributed by atoms with van der Waals surface area (Å²) in [6.45, 7) is 4.98. The van der Waals surface area contributed by atoms with Crippen molar-refractivity contribution in [2.45, 2.75) is 26.2 Å². The normalized spacial score (nSPS) is 19.6. The van der Waals surface area contributed by atoms with Crippen LogP contribution in [0.4, 0.5) is 4.79 Å². The molecule has 3 amide bonds. The van der Waals surface area contributed by atoms with Crippen LogP contribution < -0.4 is 0 Å². The third-order valence-electron chi connectivity index (χ3n) is 5.16. The number of fused-ring (bicyclic) bond motifs is 1. The van der Waals surface area contributed by atoms with Gasteiger partial charge in [-0.2, -0.15) is 0 Å². The van der Waals surface area contributed by atoms with Crippen molar-refractivity contribution in [1.29, 1.82) is 0 Å². The highest BCUT2D eigenvalue weighted by Gasteiger charge is 2.40. The van der Waals surface area contributed by atoms with Gasteiger partial charge in [0.2, 0.25) is 5.91 Å². The zero-order chi connectivity index (χ0) is 19.0. The number of amides is 3. The van der Waals surface area contributed by atoms with E-state index in [1.165, 1.54) is 4.90 Å². The van der Waals surface area contributed by atoms with E-state index in [2.05, 4.69) is 16.9 Å².